The number of piperidine rings is 1. The van der Waals surface area contributed by atoms with E-state index >= 15 is 0 Å². The first-order valence-electron chi connectivity index (χ1n) is 12.5. The van der Waals surface area contributed by atoms with Gasteiger partial charge >= 0.3 is 0 Å². The van der Waals surface area contributed by atoms with Crippen LogP contribution in [-0.4, -0.2) is 33.4 Å². The van der Waals surface area contributed by atoms with Crippen LogP contribution in [0.2, 0.25) is 0 Å². The predicted octanol–water partition coefficient (Wildman–Crippen LogP) is 4.61. The quantitative estimate of drug-likeness (QED) is 0.559. The molecule has 1 aromatic heterocycles. The summed E-state index contributed by atoms with van der Waals surface area (Å²) < 4.78 is 1.84. The lowest BCUT2D eigenvalue weighted by atomic mass is 9.75. The number of carbonyl (C=O) groups excluding carboxylic acids is 1. The first-order valence-corrected chi connectivity index (χ1v) is 12.5. The van der Waals surface area contributed by atoms with Gasteiger partial charge < -0.3 is 9.47 Å². The van der Waals surface area contributed by atoms with E-state index in [2.05, 4.69) is 17.1 Å². The molecule has 1 saturated heterocycles. The van der Waals surface area contributed by atoms with Crippen LogP contribution in [0.5, 0.6) is 0 Å². The number of fused-ring (bicyclic) bond motifs is 2. The molecule has 0 N–H and O–H groups in total. The molecule has 2 fully saturated rings. The zero-order chi connectivity index (χ0) is 22.6. The summed E-state index contributed by atoms with van der Waals surface area (Å²) in [5.74, 6) is 1.65. The second kappa shape index (κ2) is 9.90. The van der Waals surface area contributed by atoms with Crippen LogP contribution in [0.3, 0.4) is 0 Å². The Morgan fingerprint density at radius 1 is 0.909 bits per heavy atom. The van der Waals surface area contributed by atoms with Crippen LogP contribution in [0.25, 0.3) is 11.0 Å². The number of likely N-dealkylation sites (tertiary alicyclic amines) is 1. The Labute approximate surface area is 195 Å². The lowest BCUT2D eigenvalue weighted by Crippen LogP contribution is -2.45. The molecule has 2 aromatic carbocycles. The largest absolute Gasteiger partial charge is 0.342 e. The van der Waals surface area contributed by atoms with E-state index in [0.29, 0.717) is 31.0 Å². The fraction of sp³-hybridized carbons (Fsp3) is 0.464. The highest BCUT2D eigenvalue weighted by Gasteiger charge is 2.32. The molecule has 1 aliphatic heterocycles. The summed E-state index contributed by atoms with van der Waals surface area (Å²) in [4.78, 5) is 33.1. The van der Waals surface area contributed by atoms with Gasteiger partial charge in [-0.2, -0.15) is 0 Å². The van der Waals surface area contributed by atoms with Crippen molar-refractivity contribution in [2.24, 2.45) is 11.8 Å². The number of rotatable bonds is 6. The maximum atomic E-state index is 13.4. The average Bonchev–Trinajstić information content (AvgIpc) is 2.87. The van der Waals surface area contributed by atoms with Crippen LogP contribution in [0.4, 0.5) is 0 Å². The molecule has 33 heavy (non-hydrogen) atoms. The van der Waals surface area contributed by atoms with Crippen LogP contribution >= 0.6 is 0 Å². The van der Waals surface area contributed by atoms with Gasteiger partial charge in [0.05, 0.1) is 11.0 Å². The number of para-hydroxylation sites is 2. The van der Waals surface area contributed by atoms with Crippen molar-refractivity contribution in [3.8, 4) is 0 Å². The van der Waals surface area contributed by atoms with Gasteiger partial charge in [0.25, 0.3) is 5.56 Å². The van der Waals surface area contributed by atoms with Crippen LogP contribution in [0.1, 0.15) is 49.8 Å². The number of amides is 1. The van der Waals surface area contributed by atoms with Crippen LogP contribution in [0.15, 0.2) is 59.4 Å². The van der Waals surface area contributed by atoms with E-state index in [1.807, 2.05) is 51.9 Å². The minimum absolute atomic E-state index is 0.0663. The standard InChI is InChI=1S/C28H33N3O2/c32-27(30-18-17-22-10-4-5-11-23(22)20-30)15-14-25-28(33)31(19-16-21-8-2-1-3-9-21)26-13-7-6-12-24(26)29-25/h1-3,6-9,12-13,22-23H,4-5,10-11,14-20H2/t22-,23-/m0/s1. The minimum atomic E-state index is -0.0663. The lowest BCUT2D eigenvalue weighted by Gasteiger charge is -2.41. The monoisotopic (exact) mass is 443 g/mol. The van der Waals surface area contributed by atoms with Crippen LogP contribution in [0, 0.1) is 11.8 Å². The Bertz CT molecular complexity index is 1170. The normalized spacial score (nSPS) is 20.5. The third kappa shape index (κ3) is 4.87. The van der Waals surface area contributed by atoms with E-state index in [1.54, 1.807) is 0 Å². The van der Waals surface area contributed by atoms with Crippen molar-refractivity contribution in [3.63, 3.8) is 0 Å². The van der Waals surface area contributed by atoms with Crippen molar-refractivity contribution in [2.75, 3.05) is 13.1 Å². The van der Waals surface area contributed by atoms with Crippen molar-refractivity contribution in [1.82, 2.24) is 14.5 Å². The smallest absolute Gasteiger partial charge is 0.272 e. The van der Waals surface area contributed by atoms with Crippen molar-refractivity contribution in [3.05, 3.63) is 76.2 Å². The molecular formula is C28H33N3O2. The molecule has 172 valence electrons. The lowest BCUT2D eigenvalue weighted by molar-refractivity contribution is -0.134. The van der Waals surface area contributed by atoms with Crippen molar-refractivity contribution in [1.29, 1.82) is 0 Å². The Morgan fingerprint density at radius 3 is 2.52 bits per heavy atom. The molecule has 1 aliphatic carbocycles. The second-order valence-electron chi connectivity index (χ2n) is 9.67. The van der Waals surface area contributed by atoms with Gasteiger partial charge in [-0.15, -0.1) is 0 Å². The van der Waals surface area contributed by atoms with Crippen molar-refractivity contribution >= 4 is 16.9 Å². The Hall–Kier alpha value is -2.95. The minimum Gasteiger partial charge on any atom is -0.342 e. The van der Waals surface area contributed by atoms with E-state index in [-0.39, 0.29) is 11.5 Å². The topological polar surface area (TPSA) is 55.2 Å². The van der Waals surface area contributed by atoms with Crippen molar-refractivity contribution in [2.45, 2.75) is 57.9 Å². The van der Waals surface area contributed by atoms with Crippen molar-refractivity contribution < 1.29 is 4.79 Å². The van der Waals surface area contributed by atoms with E-state index in [9.17, 15) is 9.59 Å². The van der Waals surface area contributed by atoms with Gasteiger partial charge in [0, 0.05) is 32.5 Å². The number of benzene rings is 2. The highest BCUT2D eigenvalue weighted by Crippen LogP contribution is 2.36. The number of aromatic nitrogens is 2. The highest BCUT2D eigenvalue weighted by molar-refractivity contribution is 5.77. The van der Waals surface area contributed by atoms with E-state index < -0.39 is 0 Å². The molecule has 0 spiro atoms. The molecule has 2 atom stereocenters. The number of nitrogens with zero attached hydrogens (tertiary/aromatic N) is 3. The molecular weight excluding hydrogens is 410 g/mol. The zero-order valence-corrected chi connectivity index (χ0v) is 19.3. The molecule has 5 rings (SSSR count). The summed E-state index contributed by atoms with van der Waals surface area (Å²) in [6, 6.07) is 18.0. The molecule has 0 unspecified atom stereocenters. The third-order valence-electron chi connectivity index (χ3n) is 7.61. The first kappa shape index (κ1) is 21.9. The number of carbonyl (C=O) groups is 1. The molecule has 2 heterocycles. The summed E-state index contributed by atoms with van der Waals surface area (Å²) in [6.45, 7) is 2.37. The number of hydrogen-bond donors (Lipinski definition) is 0. The van der Waals surface area contributed by atoms with Gasteiger partial charge in [-0.1, -0.05) is 61.7 Å². The van der Waals surface area contributed by atoms with E-state index in [0.717, 1.165) is 42.9 Å². The number of aryl methyl sites for hydroxylation is 3. The fourth-order valence-corrected chi connectivity index (χ4v) is 5.73. The van der Waals surface area contributed by atoms with Gasteiger partial charge in [-0.25, -0.2) is 4.98 Å². The SMILES string of the molecule is O=C(CCc1nc2ccccc2n(CCc2ccccc2)c1=O)N1CC[C@@H]2CCCC[C@H]2C1. The predicted molar refractivity (Wildman–Crippen MR) is 131 cm³/mol. The molecule has 1 saturated carbocycles. The molecule has 3 aromatic rings. The molecule has 5 heteroatoms. The van der Waals surface area contributed by atoms with E-state index in [4.69, 9.17) is 0 Å². The summed E-state index contributed by atoms with van der Waals surface area (Å²) in [5.41, 5.74) is 3.31. The van der Waals surface area contributed by atoms with Crippen LogP contribution < -0.4 is 5.56 Å². The number of hydrogen-bond acceptors (Lipinski definition) is 3. The molecule has 5 nitrogen and oxygen atoms in total. The summed E-state index contributed by atoms with van der Waals surface area (Å²) >= 11 is 0. The van der Waals surface area contributed by atoms with Gasteiger partial charge in [-0.3, -0.25) is 9.59 Å². The van der Waals surface area contributed by atoms with Crippen LogP contribution in [-0.2, 0) is 24.2 Å². The maximum Gasteiger partial charge on any atom is 0.272 e. The summed E-state index contributed by atoms with van der Waals surface area (Å²) in [5, 5.41) is 0. The van der Waals surface area contributed by atoms with Gasteiger partial charge in [0.2, 0.25) is 5.91 Å². The van der Waals surface area contributed by atoms with Gasteiger partial charge in [-0.05, 0) is 48.8 Å². The molecule has 2 aliphatic rings. The molecule has 0 bridgehead atoms. The average molecular weight is 444 g/mol. The van der Waals surface area contributed by atoms with Gasteiger partial charge in [0.1, 0.15) is 5.69 Å². The highest BCUT2D eigenvalue weighted by atomic mass is 16.2. The fourth-order valence-electron chi connectivity index (χ4n) is 5.73. The van der Waals surface area contributed by atoms with Gasteiger partial charge in [0.15, 0.2) is 0 Å². The Morgan fingerprint density at radius 2 is 1.67 bits per heavy atom. The molecule has 0 radical (unpaired) electrons. The first-order chi connectivity index (χ1) is 16.2. The summed E-state index contributed by atoms with van der Waals surface area (Å²) in [7, 11) is 0. The Kier molecular flexibility index (Phi) is 6.56. The second-order valence-corrected chi connectivity index (χ2v) is 9.67. The Balaban J connectivity index is 1.31. The maximum absolute atomic E-state index is 13.4. The third-order valence-corrected chi connectivity index (χ3v) is 7.61. The zero-order valence-electron chi connectivity index (χ0n) is 19.3. The molecule has 1 amide bonds. The van der Waals surface area contributed by atoms with E-state index in [1.165, 1.54) is 31.2 Å². The summed E-state index contributed by atoms with van der Waals surface area (Å²) in [6.07, 6.45) is 7.91.